The summed E-state index contributed by atoms with van der Waals surface area (Å²) < 4.78 is 11.4. The molecule has 1 aliphatic carbocycles. The second-order valence-electron chi connectivity index (χ2n) is 6.13. The van der Waals surface area contributed by atoms with Gasteiger partial charge >= 0.3 is 0 Å². The molecule has 1 aliphatic heterocycles. The third-order valence-electron chi connectivity index (χ3n) is 4.83. The van der Waals surface area contributed by atoms with Crippen molar-refractivity contribution in [3.8, 4) is 0 Å². The molecule has 2 atom stereocenters. The minimum absolute atomic E-state index is 0.536. The average molecular weight is 269 g/mol. The van der Waals surface area contributed by atoms with Crippen LogP contribution in [-0.4, -0.2) is 40.2 Å². The molecule has 0 saturated carbocycles. The summed E-state index contributed by atoms with van der Waals surface area (Å²) in [6, 6.07) is 0.657. The summed E-state index contributed by atoms with van der Waals surface area (Å²) >= 11 is 0. The molecular weight excluding hydrogens is 242 g/mol. The highest BCUT2D eigenvalue weighted by molar-refractivity contribution is 7.85. The van der Waals surface area contributed by atoms with E-state index in [1.807, 2.05) is 0 Å². The second-order valence-corrected chi connectivity index (χ2v) is 7.82. The van der Waals surface area contributed by atoms with E-state index in [0.29, 0.717) is 6.04 Å². The molecule has 0 aromatic carbocycles. The van der Waals surface area contributed by atoms with Crippen LogP contribution in [0.25, 0.3) is 0 Å². The zero-order chi connectivity index (χ0) is 13.1. The van der Waals surface area contributed by atoms with E-state index in [2.05, 4.69) is 31.9 Å². The van der Waals surface area contributed by atoms with Gasteiger partial charge in [-0.05, 0) is 51.5 Å². The molecule has 0 aromatic rings. The van der Waals surface area contributed by atoms with Crippen LogP contribution in [0, 0.1) is 11.8 Å². The van der Waals surface area contributed by atoms with E-state index < -0.39 is 10.8 Å². The van der Waals surface area contributed by atoms with Crippen molar-refractivity contribution in [1.82, 2.24) is 4.90 Å². The molecule has 0 N–H and O–H groups in total. The lowest BCUT2D eigenvalue weighted by Crippen LogP contribution is -2.41. The zero-order valence-corrected chi connectivity index (χ0v) is 12.8. The van der Waals surface area contributed by atoms with Gasteiger partial charge in [0.1, 0.15) is 0 Å². The van der Waals surface area contributed by atoms with Crippen LogP contribution in [0.2, 0.25) is 0 Å². The van der Waals surface area contributed by atoms with Crippen molar-refractivity contribution in [1.29, 1.82) is 0 Å². The van der Waals surface area contributed by atoms with Gasteiger partial charge in [-0.25, -0.2) is 0 Å². The summed E-state index contributed by atoms with van der Waals surface area (Å²) in [5.74, 6) is 3.36. The fraction of sp³-hybridized carbons (Fsp3) is 0.867. The first kappa shape index (κ1) is 14.3. The molecule has 2 rings (SSSR count). The molecule has 1 saturated heterocycles. The van der Waals surface area contributed by atoms with Crippen LogP contribution in [-0.2, 0) is 10.8 Å². The van der Waals surface area contributed by atoms with Crippen LogP contribution < -0.4 is 0 Å². The monoisotopic (exact) mass is 269 g/mol. The smallest absolute Gasteiger partial charge is 0.0249 e. The van der Waals surface area contributed by atoms with Crippen molar-refractivity contribution in [2.75, 3.05) is 25.1 Å². The van der Waals surface area contributed by atoms with Crippen LogP contribution in [0.3, 0.4) is 0 Å². The minimum Gasteiger partial charge on any atom is -0.303 e. The van der Waals surface area contributed by atoms with Gasteiger partial charge in [0.15, 0.2) is 0 Å². The summed E-state index contributed by atoms with van der Waals surface area (Å²) in [6.07, 6.45) is 7.26. The molecular formula is C15H27NOS. The van der Waals surface area contributed by atoms with Crippen LogP contribution >= 0.6 is 0 Å². The predicted octanol–water partition coefficient (Wildman–Crippen LogP) is 2.82. The van der Waals surface area contributed by atoms with Crippen molar-refractivity contribution in [3.63, 3.8) is 0 Å². The highest BCUT2D eigenvalue weighted by Gasteiger charge is 2.27. The van der Waals surface area contributed by atoms with E-state index in [1.54, 1.807) is 5.57 Å². The van der Waals surface area contributed by atoms with Crippen LogP contribution in [0.1, 0.15) is 39.5 Å². The van der Waals surface area contributed by atoms with E-state index in [9.17, 15) is 4.21 Å². The first-order valence-corrected chi connectivity index (χ1v) is 8.78. The van der Waals surface area contributed by atoms with Gasteiger partial charge in [-0.1, -0.05) is 18.6 Å². The van der Waals surface area contributed by atoms with Gasteiger partial charge in [0.05, 0.1) is 0 Å². The Balaban J connectivity index is 1.90. The summed E-state index contributed by atoms with van der Waals surface area (Å²) in [6.45, 7) is 5.87. The molecule has 0 aromatic heterocycles. The molecule has 0 radical (unpaired) electrons. The standard InChI is InChI=1S/C15H27NOS/c1-12-5-4-6-13(2)15(12)11-16(3)14-7-9-18(17)10-8-14/h5,13-15H,4,6-11H2,1-3H3/t13-,14?,15-,18?/m0/s1. The largest absolute Gasteiger partial charge is 0.303 e. The second kappa shape index (κ2) is 6.33. The average Bonchev–Trinajstić information content (AvgIpc) is 2.34. The topological polar surface area (TPSA) is 20.3 Å². The van der Waals surface area contributed by atoms with Crippen LogP contribution in [0.5, 0.6) is 0 Å². The maximum Gasteiger partial charge on any atom is 0.0249 e. The van der Waals surface area contributed by atoms with Crippen molar-refractivity contribution in [2.45, 2.75) is 45.6 Å². The van der Waals surface area contributed by atoms with Crippen molar-refractivity contribution >= 4 is 10.8 Å². The van der Waals surface area contributed by atoms with Gasteiger partial charge in [0, 0.05) is 34.9 Å². The lowest BCUT2D eigenvalue weighted by atomic mass is 9.79. The molecule has 2 nitrogen and oxygen atoms in total. The quantitative estimate of drug-likeness (QED) is 0.734. The molecule has 18 heavy (non-hydrogen) atoms. The Morgan fingerprint density at radius 3 is 2.61 bits per heavy atom. The van der Waals surface area contributed by atoms with Gasteiger partial charge in [0.2, 0.25) is 0 Å². The summed E-state index contributed by atoms with van der Waals surface area (Å²) in [4.78, 5) is 2.53. The van der Waals surface area contributed by atoms with Crippen LogP contribution in [0.15, 0.2) is 11.6 Å². The number of hydrogen-bond donors (Lipinski definition) is 0. The maximum absolute atomic E-state index is 11.4. The molecule has 1 fully saturated rings. The summed E-state index contributed by atoms with van der Waals surface area (Å²) in [7, 11) is 1.72. The fourth-order valence-electron chi connectivity index (χ4n) is 3.38. The molecule has 0 amide bonds. The van der Waals surface area contributed by atoms with E-state index in [-0.39, 0.29) is 0 Å². The number of rotatable bonds is 3. The first-order chi connectivity index (χ1) is 8.58. The predicted molar refractivity (Wildman–Crippen MR) is 79.2 cm³/mol. The third-order valence-corrected chi connectivity index (χ3v) is 6.21. The van der Waals surface area contributed by atoms with Crippen molar-refractivity contribution in [2.24, 2.45) is 11.8 Å². The van der Waals surface area contributed by atoms with E-state index in [1.165, 1.54) is 19.4 Å². The lowest BCUT2D eigenvalue weighted by molar-refractivity contribution is 0.177. The lowest BCUT2D eigenvalue weighted by Gasteiger charge is -2.37. The number of nitrogens with zero attached hydrogens (tertiary/aromatic N) is 1. The fourth-order valence-corrected chi connectivity index (χ4v) is 4.65. The highest BCUT2D eigenvalue weighted by Crippen LogP contribution is 2.31. The Bertz CT molecular complexity index is 329. The summed E-state index contributed by atoms with van der Waals surface area (Å²) in [5.41, 5.74) is 1.58. The third kappa shape index (κ3) is 3.45. The zero-order valence-electron chi connectivity index (χ0n) is 12.0. The first-order valence-electron chi connectivity index (χ1n) is 7.29. The SMILES string of the molecule is CC1=CCC[C@H](C)[C@H]1CN(C)C1CCS(=O)CC1. The van der Waals surface area contributed by atoms with E-state index in [4.69, 9.17) is 0 Å². The summed E-state index contributed by atoms with van der Waals surface area (Å²) in [5, 5.41) is 0. The molecule has 0 bridgehead atoms. The van der Waals surface area contributed by atoms with Gasteiger partial charge < -0.3 is 4.90 Å². The normalized spacial score (nSPS) is 37.7. The molecule has 0 spiro atoms. The molecule has 3 heteroatoms. The molecule has 2 aliphatic rings. The molecule has 1 heterocycles. The van der Waals surface area contributed by atoms with E-state index in [0.717, 1.165) is 36.2 Å². The molecule has 104 valence electrons. The Labute approximate surface area is 114 Å². The van der Waals surface area contributed by atoms with Gasteiger partial charge in [0.25, 0.3) is 0 Å². The van der Waals surface area contributed by atoms with E-state index >= 15 is 0 Å². The van der Waals surface area contributed by atoms with Crippen molar-refractivity contribution in [3.05, 3.63) is 11.6 Å². The Morgan fingerprint density at radius 2 is 2.00 bits per heavy atom. The highest BCUT2D eigenvalue weighted by atomic mass is 32.2. The maximum atomic E-state index is 11.4. The minimum atomic E-state index is -0.536. The van der Waals surface area contributed by atoms with Gasteiger partial charge in [-0.2, -0.15) is 0 Å². The van der Waals surface area contributed by atoms with Gasteiger partial charge in [-0.3, -0.25) is 4.21 Å². The van der Waals surface area contributed by atoms with Gasteiger partial charge in [-0.15, -0.1) is 0 Å². The Morgan fingerprint density at radius 1 is 1.33 bits per heavy atom. The Kier molecular flexibility index (Phi) is 5.02. The van der Waals surface area contributed by atoms with Crippen molar-refractivity contribution < 1.29 is 4.21 Å². The van der Waals surface area contributed by atoms with Crippen LogP contribution in [0.4, 0.5) is 0 Å². The Hall–Kier alpha value is -0.150. The number of hydrogen-bond acceptors (Lipinski definition) is 2. The molecule has 0 unspecified atom stereocenters. The number of allylic oxidation sites excluding steroid dienone is 1.